The first-order valence-corrected chi connectivity index (χ1v) is 5.55. The Morgan fingerprint density at radius 3 is 2.59 bits per heavy atom. The van der Waals surface area contributed by atoms with E-state index in [9.17, 15) is 9.18 Å². The van der Waals surface area contributed by atoms with Gasteiger partial charge in [-0.15, -0.1) is 0 Å². The second-order valence-electron chi connectivity index (χ2n) is 4.55. The van der Waals surface area contributed by atoms with E-state index in [4.69, 9.17) is 0 Å². The molecule has 0 aliphatic heterocycles. The molecule has 3 nitrogen and oxygen atoms in total. The van der Waals surface area contributed by atoms with Crippen molar-refractivity contribution in [3.63, 3.8) is 0 Å². The minimum Gasteiger partial charge on any atom is -0.453 e. The summed E-state index contributed by atoms with van der Waals surface area (Å²) in [5, 5.41) is 2.32. The van der Waals surface area contributed by atoms with Crippen molar-refractivity contribution in [2.24, 2.45) is 0 Å². The Morgan fingerprint density at radius 2 is 2.12 bits per heavy atom. The summed E-state index contributed by atoms with van der Waals surface area (Å²) in [6.45, 7) is 6.16. The third-order valence-electron chi connectivity index (χ3n) is 3.06. The van der Waals surface area contributed by atoms with E-state index in [1.165, 1.54) is 13.2 Å². The lowest BCUT2D eigenvalue weighted by Crippen LogP contribution is -2.17. The molecule has 4 heteroatoms. The Balaban J connectivity index is 2.98. The van der Waals surface area contributed by atoms with Crippen LogP contribution in [0.4, 0.5) is 14.9 Å². The molecule has 94 valence electrons. The van der Waals surface area contributed by atoms with Crippen molar-refractivity contribution < 1.29 is 13.9 Å². The molecule has 0 saturated heterocycles. The van der Waals surface area contributed by atoms with Crippen LogP contribution in [-0.2, 0) is 10.2 Å². The van der Waals surface area contributed by atoms with Gasteiger partial charge in [0.05, 0.1) is 12.8 Å². The summed E-state index contributed by atoms with van der Waals surface area (Å²) in [5.41, 5.74) is 0.963. The predicted molar refractivity (Wildman–Crippen MR) is 65.7 cm³/mol. The van der Waals surface area contributed by atoms with Crippen molar-refractivity contribution >= 4 is 11.8 Å². The standard InChI is InChI=1S/C13H18FNO2/c1-5-13(2,3)9-6-7-11(10(14)8-9)15-12(16)17-4/h6-8H,5H2,1-4H3,(H,15,16). The van der Waals surface area contributed by atoms with Crippen molar-refractivity contribution in [2.45, 2.75) is 32.6 Å². The van der Waals surface area contributed by atoms with Crippen LogP contribution in [0, 0.1) is 5.82 Å². The van der Waals surface area contributed by atoms with Crippen LogP contribution >= 0.6 is 0 Å². The van der Waals surface area contributed by atoms with Crippen LogP contribution in [0.2, 0.25) is 0 Å². The van der Waals surface area contributed by atoms with Gasteiger partial charge in [-0.2, -0.15) is 0 Å². The Labute approximate surface area is 101 Å². The Morgan fingerprint density at radius 1 is 1.47 bits per heavy atom. The average molecular weight is 239 g/mol. The molecule has 0 bridgehead atoms. The van der Waals surface area contributed by atoms with E-state index in [0.29, 0.717) is 0 Å². The van der Waals surface area contributed by atoms with Crippen LogP contribution in [0.1, 0.15) is 32.8 Å². The monoisotopic (exact) mass is 239 g/mol. The van der Waals surface area contributed by atoms with Crippen molar-refractivity contribution in [2.75, 3.05) is 12.4 Å². The molecule has 0 atom stereocenters. The zero-order chi connectivity index (χ0) is 13.1. The van der Waals surface area contributed by atoms with E-state index in [0.717, 1.165) is 12.0 Å². The lowest BCUT2D eigenvalue weighted by molar-refractivity contribution is 0.187. The van der Waals surface area contributed by atoms with Gasteiger partial charge in [-0.25, -0.2) is 9.18 Å². The Kier molecular flexibility index (Phi) is 4.10. The molecule has 0 aliphatic carbocycles. The molecule has 0 radical (unpaired) electrons. The fraction of sp³-hybridized carbons (Fsp3) is 0.462. The van der Waals surface area contributed by atoms with Crippen LogP contribution in [0.5, 0.6) is 0 Å². The van der Waals surface area contributed by atoms with Crippen molar-refractivity contribution in [1.29, 1.82) is 0 Å². The molecule has 0 aromatic heterocycles. The lowest BCUT2D eigenvalue weighted by Gasteiger charge is -2.23. The van der Waals surface area contributed by atoms with E-state index in [-0.39, 0.29) is 11.1 Å². The number of nitrogens with one attached hydrogen (secondary N) is 1. The highest BCUT2D eigenvalue weighted by Crippen LogP contribution is 2.29. The van der Waals surface area contributed by atoms with Gasteiger partial charge in [0, 0.05) is 0 Å². The molecule has 0 spiro atoms. The predicted octanol–water partition coefficient (Wildman–Crippen LogP) is 3.69. The van der Waals surface area contributed by atoms with Crippen LogP contribution in [0.3, 0.4) is 0 Å². The minimum atomic E-state index is -0.675. The number of carbonyl (C=O) groups is 1. The summed E-state index contributed by atoms with van der Waals surface area (Å²) in [6.07, 6.45) is 0.238. The maximum Gasteiger partial charge on any atom is 0.411 e. The van der Waals surface area contributed by atoms with E-state index < -0.39 is 11.9 Å². The largest absolute Gasteiger partial charge is 0.453 e. The number of carbonyl (C=O) groups excluding carboxylic acids is 1. The van der Waals surface area contributed by atoms with Crippen LogP contribution in [0.15, 0.2) is 18.2 Å². The van der Waals surface area contributed by atoms with E-state index >= 15 is 0 Å². The van der Waals surface area contributed by atoms with Gasteiger partial charge in [0.1, 0.15) is 5.82 Å². The zero-order valence-corrected chi connectivity index (χ0v) is 10.6. The van der Waals surface area contributed by atoms with Crippen LogP contribution in [0.25, 0.3) is 0 Å². The fourth-order valence-corrected chi connectivity index (χ4v) is 1.40. The number of ether oxygens (including phenoxy) is 1. The van der Waals surface area contributed by atoms with Gasteiger partial charge < -0.3 is 4.74 Å². The summed E-state index contributed by atoms with van der Waals surface area (Å²) in [4.78, 5) is 11.0. The third-order valence-corrected chi connectivity index (χ3v) is 3.06. The smallest absolute Gasteiger partial charge is 0.411 e. The first-order valence-electron chi connectivity index (χ1n) is 5.55. The number of amides is 1. The number of methoxy groups -OCH3 is 1. The number of anilines is 1. The Bertz CT molecular complexity index is 416. The second kappa shape index (κ2) is 5.17. The molecule has 0 aliphatic rings. The molecule has 1 amide bonds. The van der Waals surface area contributed by atoms with Gasteiger partial charge in [0.2, 0.25) is 0 Å². The molecule has 1 aromatic rings. The van der Waals surface area contributed by atoms with Gasteiger partial charge in [-0.3, -0.25) is 5.32 Å². The summed E-state index contributed by atoms with van der Waals surface area (Å²) in [5.74, 6) is -0.450. The molecule has 1 aromatic carbocycles. The van der Waals surface area contributed by atoms with Crippen molar-refractivity contribution in [1.82, 2.24) is 0 Å². The van der Waals surface area contributed by atoms with Crippen molar-refractivity contribution in [3.8, 4) is 0 Å². The quantitative estimate of drug-likeness (QED) is 0.873. The molecule has 1 rings (SSSR count). The first-order chi connectivity index (χ1) is 7.90. The van der Waals surface area contributed by atoms with Crippen LogP contribution in [-0.4, -0.2) is 13.2 Å². The van der Waals surface area contributed by atoms with Gasteiger partial charge in [0.15, 0.2) is 0 Å². The molecule has 0 heterocycles. The molecule has 0 unspecified atom stereocenters. The number of benzene rings is 1. The average Bonchev–Trinajstić information content (AvgIpc) is 2.31. The van der Waals surface area contributed by atoms with Gasteiger partial charge in [0.25, 0.3) is 0 Å². The van der Waals surface area contributed by atoms with E-state index in [1.807, 2.05) is 6.07 Å². The number of hydrogen-bond donors (Lipinski definition) is 1. The minimum absolute atomic E-state index is 0.0787. The highest BCUT2D eigenvalue weighted by atomic mass is 19.1. The van der Waals surface area contributed by atoms with Crippen molar-refractivity contribution in [3.05, 3.63) is 29.6 Å². The SMILES string of the molecule is CCC(C)(C)c1ccc(NC(=O)OC)c(F)c1. The topological polar surface area (TPSA) is 38.3 Å². The normalized spacial score (nSPS) is 11.1. The third kappa shape index (κ3) is 3.19. The highest BCUT2D eigenvalue weighted by Gasteiger charge is 2.19. The summed E-state index contributed by atoms with van der Waals surface area (Å²) in [6, 6.07) is 4.83. The highest BCUT2D eigenvalue weighted by molar-refractivity contribution is 5.84. The first kappa shape index (κ1) is 13.5. The summed E-state index contributed by atoms with van der Waals surface area (Å²) in [7, 11) is 1.24. The fourth-order valence-electron chi connectivity index (χ4n) is 1.40. The number of halogens is 1. The summed E-state index contributed by atoms with van der Waals surface area (Å²) >= 11 is 0. The molecular weight excluding hydrogens is 221 g/mol. The number of hydrogen-bond acceptors (Lipinski definition) is 2. The van der Waals surface area contributed by atoms with Gasteiger partial charge in [-0.1, -0.05) is 26.8 Å². The molecule has 0 fully saturated rings. The Hall–Kier alpha value is -1.58. The maximum atomic E-state index is 13.7. The zero-order valence-electron chi connectivity index (χ0n) is 10.6. The van der Waals surface area contributed by atoms with Crippen LogP contribution < -0.4 is 5.32 Å². The lowest BCUT2D eigenvalue weighted by atomic mass is 9.82. The van der Waals surface area contributed by atoms with E-state index in [1.54, 1.807) is 6.07 Å². The van der Waals surface area contributed by atoms with Gasteiger partial charge in [-0.05, 0) is 29.5 Å². The second-order valence-corrected chi connectivity index (χ2v) is 4.55. The maximum absolute atomic E-state index is 13.7. The number of rotatable bonds is 3. The molecule has 1 N–H and O–H groups in total. The molecule has 17 heavy (non-hydrogen) atoms. The van der Waals surface area contributed by atoms with Gasteiger partial charge >= 0.3 is 6.09 Å². The van der Waals surface area contributed by atoms with E-state index in [2.05, 4.69) is 30.8 Å². The summed E-state index contributed by atoms with van der Waals surface area (Å²) < 4.78 is 18.2. The molecule has 0 saturated carbocycles. The molecular formula is C13H18FNO2.